The van der Waals surface area contributed by atoms with Gasteiger partial charge in [0.15, 0.2) is 11.4 Å². The number of nitrogens with zero attached hydrogens (tertiary/aromatic N) is 1. The Balaban J connectivity index is 1.91. The van der Waals surface area contributed by atoms with E-state index in [9.17, 15) is 4.79 Å². The molecule has 0 bridgehead atoms. The molecule has 4 aromatic rings. The Morgan fingerprint density at radius 3 is 2.42 bits per heavy atom. The molecule has 0 fully saturated rings. The van der Waals surface area contributed by atoms with Crippen LogP contribution in [-0.4, -0.2) is 10.8 Å². The van der Waals surface area contributed by atoms with Crippen molar-refractivity contribution in [2.75, 3.05) is 0 Å². The van der Waals surface area contributed by atoms with Crippen LogP contribution in [0.25, 0.3) is 22.6 Å². The smallest absolute Gasteiger partial charge is 0.228 e. The van der Waals surface area contributed by atoms with Crippen LogP contribution in [0.2, 0.25) is 0 Å². The van der Waals surface area contributed by atoms with Crippen molar-refractivity contribution >= 4 is 16.9 Å². The van der Waals surface area contributed by atoms with E-state index < -0.39 is 0 Å². The Bertz CT molecular complexity index is 999. The van der Waals surface area contributed by atoms with Crippen LogP contribution in [0.4, 0.5) is 0 Å². The van der Waals surface area contributed by atoms with E-state index in [1.54, 1.807) is 0 Å². The third-order valence-corrected chi connectivity index (χ3v) is 4.06. The summed E-state index contributed by atoms with van der Waals surface area (Å²) in [5.41, 5.74) is 4.47. The highest BCUT2D eigenvalue weighted by molar-refractivity contribution is 6.12. The van der Waals surface area contributed by atoms with Crippen molar-refractivity contribution in [3.8, 4) is 11.5 Å². The molecule has 0 amide bonds. The molecule has 0 saturated carbocycles. The quantitative estimate of drug-likeness (QED) is 0.498. The number of ketones is 1. The summed E-state index contributed by atoms with van der Waals surface area (Å²) < 4.78 is 5.90. The maximum atomic E-state index is 12.9. The first kappa shape index (κ1) is 14.4. The number of fused-ring (bicyclic) bond motifs is 1. The van der Waals surface area contributed by atoms with Gasteiger partial charge in [-0.25, -0.2) is 4.98 Å². The molecule has 0 unspecified atom stereocenters. The van der Waals surface area contributed by atoms with Crippen LogP contribution in [0.1, 0.15) is 21.5 Å². The Hall–Kier alpha value is -3.20. The van der Waals surface area contributed by atoms with Crippen molar-refractivity contribution < 1.29 is 9.21 Å². The predicted octanol–water partition coefficient (Wildman–Crippen LogP) is 5.03. The second-order valence-electron chi connectivity index (χ2n) is 5.68. The number of hydrogen-bond acceptors (Lipinski definition) is 3. The molecule has 3 nitrogen and oxygen atoms in total. The van der Waals surface area contributed by atoms with Crippen molar-refractivity contribution in [2.24, 2.45) is 0 Å². The molecule has 0 aliphatic rings. The van der Waals surface area contributed by atoms with Gasteiger partial charge in [0.25, 0.3) is 0 Å². The van der Waals surface area contributed by atoms with Gasteiger partial charge in [0.1, 0.15) is 5.52 Å². The minimum atomic E-state index is -0.0310. The first-order valence-electron chi connectivity index (χ1n) is 7.79. The largest absolute Gasteiger partial charge is 0.436 e. The number of para-hydroxylation sites is 2. The van der Waals surface area contributed by atoms with Crippen molar-refractivity contribution in [1.82, 2.24) is 4.98 Å². The molecule has 116 valence electrons. The van der Waals surface area contributed by atoms with Crippen LogP contribution < -0.4 is 0 Å². The first-order valence-corrected chi connectivity index (χ1v) is 7.79. The molecular formula is C21H15NO2. The number of aryl methyl sites for hydroxylation is 1. The van der Waals surface area contributed by atoms with Crippen molar-refractivity contribution in [2.45, 2.75) is 6.92 Å². The number of carbonyl (C=O) groups is 1. The fourth-order valence-corrected chi connectivity index (χ4v) is 2.87. The minimum Gasteiger partial charge on any atom is -0.436 e. The van der Waals surface area contributed by atoms with Crippen LogP contribution in [0.5, 0.6) is 0 Å². The Morgan fingerprint density at radius 1 is 0.875 bits per heavy atom. The lowest BCUT2D eigenvalue weighted by Gasteiger charge is -2.09. The molecule has 1 aromatic heterocycles. The lowest BCUT2D eigenvalue weighted by Crippen LogP contribution is -2.04. The van der Waals surface area contributed by atoms with Gasteiger partial charge < -0.3 is 4.42 Å². The summed E-state index contributed by atoms with van der Waals surface area (Å²) in [4.78, 5) is 17.5. The zero-order chi connectivity index (χ0) is 16.5. The molecule has 1 heterocycles. The van der Waals surface area contributed by atoms with Gasteiger partial charge in [-0.2, -0.15) is 0 Å². The number of rotatable bonds is 3. The molecule has 0 aliphatic heterocycles. The van der Waals surface area contributed by atoms with Crippen LogP contribution in [0.3, 0.4) is 0 Å². The van der Waals surface area contributed by atoms with E-state index in [2.05, 4.69) is 4.98 Å². The third-order valence-electron chi connectivity index (χ3n) is 4.06. The second-order valence-corrected chi connectivity index (χ2v) is 5.68. The van der Waals surface area contributed by atoms with Crippen molar-refractivity contribution in [3.63, 3.8) is 0 Å². The summed E-state index contributed by atoms with van der Waals surface area (Å²) in [7, 11) is 0. The van der Waals surface area contributed by atoms with Crippen molar-refractivity contribution in [3.05, 3.63) is 89.5 Å². The number of carbonyl (C=O) groups excluding carboxylic acids is 1. The summed E-state index contributed by atoms with van der Waals surface area (Å²) in [5.74, 6) is 0.449. The van der Waals surface area contributed by atoms with Crippen LogP contribution in [0, 0.1) is 6.92 Å². The molecule has 0 saturated heterocycles. The molecular weight excluding hydrogens is 298 g/mol. The van der Waals surface area contributed by atoms with E-state index in [1.807, 2.05) is 79.7 Å². The van der Waals surface area contributed by atoms with Crippen LogP contribution >= 0.6 is 0 Å². The predicted molar refractivity (Wildman–Crippen MR) is 94.1 cm³/mol. The normalized spacial score (nSPS) is 10.9. The summed E-state index contributed by atoms with van der Waals surface area (Å²) in [6, 6.07) is 22.5. The lowest BCUT2D eigenvalue weighted by molar-refractivity contribution is 0.103. The Morgan fingerprint density at radius 2 is 1.62 bits per heavy atom. The van der Waals surface area contributed by atoms with E-state index in [1.165, 1.54) is 0 Å². The van der Waals surface area contributed by atoms with Gasteiger partial charge in [-0.3, -0.25) is 4.79 Å². The summed E-state index contributed by atoms with van der Waals surface area (Å²) in [6.45, 7) is 1.96. The fourth-order valence-electron chi connectivity index (χ4n) is 2.87. The summed E-state index contributed by atoms with van der Waals surface area (Å²) >= 11 is 0. The van der Waals surface area contributed by atoms with E-state index in [0.29, 0.717) is 22.6 Å². The molecule has 0 N–H and O–H groups in total. The van der Waals surface area contributed by atoms with Gasteiger partial charge >= 0.3 is 0 Å². The van der Waals surface area contributed by atoms with Crippen molar-refractivity contribution in [1.29, 1.82) is 0 Å². The second kappa shape index (κ2) is 5.78. The van der Waals surface area contributed by atoms with Gasteiger partial charge in [0, 0.05) is 11.1 Å². The number of benzene rings is 3. The lowest BCUT2D eigenvalue weighted by atomic mass is 9.95. The molecule has 0 spiro atoms. The zero-order valence-corrected chi connectivity index (χ0v) is 13.2. The molecule has 0 radical (unpaired) electrons. The maximum Gasteiger partial charge on any atom is 0.228 e. The maximum absolute atomic E-state index is 12.9. The van der Waals surface area contributed by atoms with Gasteiger partial charge in [-0.15, -0.1) is 0 Å². The summed E-state index contributed by atoms with van der Waals surface area (Å²) in [5, 5.41) is 0. The Labute approximate surface area is 139 Å². The molecule has 3 aromatic carbocycles. The molecule has 0 aliphatic carbocycles. The highest BCUT2D eigenvalue weighted by atomic mass is 16.3. The SMILES string of the molecule is Cc1cccc(C(=O)c2ccccc2)c1-c1nc2ccccc2o1. The molecule has 3 heteroatoms. The van der Waals surface area contributed by atoms with Gasteiger partial charge in [0.05, 0.1) is 5.56 Å². The molecule has 4 rings (SSSR count). The van der Waals surface area contributed by atoms with E-state index in [-0.39, 0.29) is 5.78 Å². The fraction of sp³-hybridized carbons (Fsp3) is 0.0476. The standard InChI is InChI=1S/C21H15NO2/c1-14-8-7-11-16(20(23)15-9-3-2-4-10-15)19(14)21-22-17-12-5-6-13-18(17)24-21/h2-13H,1H3. The average molecular weight is 313 g/mol. The first-order chi connectivity index (χ1) is 11.7. The van der Waals surface area contributed by atoms with E-state index in [0.717, 1.165) is 16.6 Å². The highest BCUT2D eigenvalue weighted by Crippen LogP contribution is 2.31. The monoisotopic (exact) mass is 313 g/mol. The summed E-state index contributed by atoms with van der Waals surface area (Å²) in [6.07, 6.45) is 0. The van der Waals surface area contributed by atoms with Gasteiger partial charge in [0.2, 0.25) is 5.89 Å². The average Bonchev–Trinajstić information content (AvgIpc) is 3.05. The van der Waals surface area contributed by atoms with E-state index >= 15 is 0 Å². The van der Waals surface area contributed by atoms with E-state index in [4.69, 9.17) is 4.42 Å². The number of hydrogen-bond donors (Lipinski definition) is 0. The number of aromatic nitrogens is 1. The van der Waals surface area contributed by atoms with Crippen LogP contribution in [-0.2, 0) is 0 Å². The molecule has 0 atom stereocenters. The zero-order valence-electron chi connectivity index (χ0n) is 13.2. The van der Waals surface area contributed by atoms with Gasteiger partial charge in [-0.05, 0) is 24.6 Å². The third kappa shape index (κ3) is 2.40. The van der Waals surface area contributed by atoms with Gasteiger partial charge in [-0.1, -0.05) is 60.7 Å². The topological polar surface area (TPSA) is 43.1 Å². The minimum absolute atomic E-state index is 0.0310. The highest BCUT2D eigenvalue weighted by Gasteiger charge is 2.20. The Kier molecular flexibility index (Phi) is 3.47. The molecule has 24 heavy (non-hydrogen) atoms. The number of oxazole rings is 1. The van der Waals surface area contributed by atoms with Crippen LogP contribution in [0.15, 0.2) is 77.2 Å².